The third-order valence-electron chi connectivity index (χ3n) is 1.75. The highest BCUT2D eigenvalue weighted by Gasteiger charge is 2.03. The molecule has 0 heterocycles. The fourth-order valence-electron chi connectivity index (χ4n) is 0.908. The van der Waals surface area contributed by atoms with Gasteiger partial charge in [0.25, 0.3) is 0 Å². The minimum absolute atomic E-state index is 0.361. The SMILES string of the molecule is CCCCN=NC(C#N)CCCC#N. The molecule has 1 unspecified atom stereocenters. The summed E-state index contributed by atoms with van der Waals surface area (Å²) in [4.78, 5) is 0. The highest BCUT2D eigenvalue weighted by atomic mass is 15.1. The maximum absolute atomic E-state index is 8.70. The zero-order valence-electron chi connectivity index (χ0n) is 8.61. The Kier molecular flexibility index (Phi) is 8.69. The minimum atomic E-state index is -0.361. The Balaban J connectivity index is 3.64. The van der Waals surface area contributed by atoms with Gasteiger partial charge in [-0.1, -0.05) is 13.3 Å². The van der Waals surface area contributed by atoms with Crippen molar-refractivity contribution in [2.24, 2.45) is 10.2 Å². The molecular weight excluding hydrogens is 176 g/mol. The van der Waals surface area contributed by atoms with Crippen LogP contribution in [-0.2, 0) is 0 Å². The van der Waals surface area contributed by atoms with Gasteiger partial charge < -0.3 is 0 Å². The Bertz CT molecular complexity index is 233. The molecule has 0 aliphatic rings. The number of nitriles is 2. The first-order valence-electron chi connectivity index (χ1n) is 4.98. The molecule has 0 saturated carbocycles. The summed E-state index contributed by atoms with van der Waals surface area (Å²) < 4.78 is 0. The van der Waals surface area contributed by atoms with E-state index in [9.17, 15) is 0 Å². The van der Waals surface area contributed by atoms with Crippen molar-refractivity contribution in [3.63, 3.8) is 0 Å². The molecule has 0 N–H and O–H groups in total. The molecule has 0 aromatic carbocycles. The van der Waals surface area contributed by atoms with Crippen LogP contribution in [0.4, 0.5) is 0 Å². The van der Waals surface area contributed by atoms with Gasteiger partial charge in [0.2, 0.25) is 0 Å². The first-order chi connectivity index (χ1) is 6.85. The van der Waals surface area contributed by atoms with Crippen LogP contribution in [-0.4, -0.2) is 12.6 Å². The van der Waals surface area contributed by atoms with E-state index in [-0.39, 0.29) is 6.04 Å². The Morgan fingerprint density at radius 3 is 2.64 bits per heavy atom. The number of azo groups is 1. The van der Waals surface area contributed by atoms with Gasteiger partial charge in [0.05, 0.1) is 18.7 Å². The van der Waals surface area contributed by atoms with E-state index in [1.165, 1.54) is 0 Å². The highest BCUT2D eigenvalue weighted by Crippen LogP contribution is 2.04. The van der Waals surface area contributed by atoms with E-state index in [0.717, 1.165) is 19.3 Å². The standard InChI is InChI=1S/C10H16N4/c1-2-3-8-13-14-10(9-12)6-4-5-7-11/h10H,2-6,8H2,1H3. The summed E-state index contributed by atoms with van der Waals surface area (Å²) >= 11 is 0. The summed E-state index contributed by atoms with van der Waals surface area (Å²) in [5.74, 6) is 0. The maximum Gasteiger partial charge on any atom is 0.157 e. The Labute approximate surface area is 85.3 Å². The molecule has 76 valence electrons. The predicted molar refractivity (Wildman–Crippen MR) is 53.5 cm³/mol. The summed E-state index contributed by atoms with van der Waals surface area (Å²) in [5.41, 5.74) is 0. The highest BCUT2D eigenvalue weighted by molar-refractivity contribution is 4.89. The van der Waals surface area contributed by atoms with Crippen LogP contribution in [0, 0.1) is 22.7 Å². The molecule has 0 aliphatic carbocycles. The minimum Gasteiger partial charge on any atom is -0.198 e. The third kappa shape index (κ3) is 7.24. The summed E-state index contributed by atoms with van der Waals surface area (Å²) in [7, 11) is 0. The molecule has 0 aromatic rings. The topological polar surface area (TPSA) is 72.3 Å². The van der Waals surface area contributed by atoms with Crippen molar-refractivity contribution in [2.45, 2.75) is 45.1 Å². The zero-order chi connectivity index (χ0) is 10.6. The molecule has 0 bridgehead atoms. The van der Waals surface area contributed by atoms with Gasteiger partial charge in [-0.05, 0) is 19.3 Å². The average molecular weight is 192 g/mol. The van der Waals surface area contributed by atoms with Crippen molar-refractivity contribution in [1.29, 1.82) is 10.5 Å². The van der Waals surface area contributed by atoms with Crippen LogP contribution >= 0.6 is 0 Å². The average Bonchev–Trinajstić information content (AvgIpc) is 2.22. The molecule has 14 heavy (non-hydrogen) atoms. The van der Waals surface area contributed by atoms with Gasteiger partial charge in [-0.2, -0.15) is 20.8 Å². The molecule has 0 radical (unpaired) electrons. The molecule has 0 fully saturated rings. The van der Waals surface area contributed by atoms with Crippen molar-refractivity contribution in [3.05, 3.63) is 0 Å². The molecule has 0 spiro atoms. The molecule has 0 saturated heterocycles. The smallest absolute Gasteiger partial charge is 0.157 e. The van der Waals surface area contributed by atoms with Gasteiger partial charge in [0, 0.05) is 6.42 Å². The zero-order valence-corrected chi connectivity index (χ0v) is 8.61. The van der Waals surface area contributed by atoms with Crippen LogP contribution in [0.1, 0.15) is 39.0 Å². The van der Waals surface area contributed by atoms with E-state index in [1.54, 1.807) is 0 Å². The summed E-state index contributed by atoms with van der Waals surface area (Å²) in [6.07, 6.45) is 3.95. The van der Waals surface area contributed by atoms with E-state index in [4.69, 9.17) is 10.5 Å². The van der Waals surface area contributed by atoms with Crippen molar-refractivity contribution in [2.75, 3.05) is 6.54 Å². The lowest BCUT2D eigenvalue weighted by molar-refractivity contribution is 0.640. The van der Waals surface area contributed by atoms with Crippen LogP contribution in [0.25, 0.3) is 0 Å². The maximum atomic E-state index is 8.70. The lowest BCUT2D eigenvalue weighted by Crippen LogP contribution is -1.99. The van der Waals surface area contributed by atoms with Crippen molar-refractivity contribution in [3.8, 4) is 12.1 Å². The number of nitrogens with zero attached hydrogens (tertiary/aromatic N) is 4. The van der Waals surface area contributed by atoms with Gasteiger partial charge in [-0.15, -0.1) is 0 Å². The van der Waals surface area contributed by atoms with Crippen LogP contribution in [0.15, 0.2) is 10.2 Å². The third-order valence-corrected chi connectivity index (χ3v) is 1.75. The summed E-state index contributed by atoms with van der Waals surface area (Å²) in [6.45, 7) is 2.79. The monoisotopic (exact) mass is 192 g/mol. The summed E-state index contributed by atoms with van der Waals surface area (Å²) in [6, 6.07) is 3.75. The predicted octanol–water partition coefficient (Wildman–Crippen LogP) is 2.82. The largest absolute Gasteiger partial charge is 0.198 e. The molecule has 0 amide bonds. The molecule has 4 nitrogen and oxygen atoms in total. The Morgan fingerprint density at radius 1 is 1.29 bits per heavy atom. The van der Waals surface area contributed by atoms with E-state index < -0.39 is 0 Å². The van der Waals surface area contributed by atoms with E-state index in [1.807, 2.05) is 6.07 Å². The molecule has 4 heteroatoms. The van der Waals surface area contributed by atoms with Gasteiger partial charge in [0.15, 0.2) is 6.04 Å². The second-order valence-corrected chi connectivity index (χ2v) is 3.03. The van der Waals surface area contributed by atoms with Gasteiger partial charge in [-0.3, -0.25) is 0 Å². The second-order valence-electron chi connectivity index (χ2n) is 3.03. The van der Waals surface area contributed by atoms with Crippen LogP contribution < -0.4 is 0 Å². The van der Waals surface area contributed by atoms with Crippen molar-refractivity contribution < 1.29 is 0 Å². The van der Waals surface area contributed by atoms with E-state index in [2.05, 4.69) is 23.2 Å². The molecular formula is C10H16N4. The van der Waals surface area contributed by atoms with Gasteiger partial charge in [-0.25, -0.2) is 0 Å². The van der Waals surface area contributed by atoms with Crippen molar-refractivity contribution >= 4 is 0 Å². The van der Waals surface area contributed by atoms with Crippen LogP contribution in [0.5, 0.6) is 0 Å². The van der Waals surface area contributed by atoms with E-state index >= 15 is 0 Å². The number of unbranched alkanes of at least 4 members (excludes halogenated alkanes) is 2. The first-order valence-corrected chi connectivity index (χ1v) is 4.98. The van der Waals surface area contributed by atoms with Crippen LogP contribution in [0.3, 0.4) is 0 Å². The van der Waals surface area contributed by atoms with Gasteiger partial charge >= 0.3 is 0 Å². The molecule has 0 rings (SSSR count). The number of hydrogen-bond donors (Lipinski definition) is 0. The lowest BCUT2D eigenvalue weighted by Gasteiger charge is -1.98. The number of hydrogen-bond acceptors (Lipinski definition) is 4. The Hall–Kier alpha value is -1.42. The second kappa shape index (κ2) is 9.67. The summed E-state index contributed by atoms with van der Waals surface area (Å²) in [5, 5.41) is 24.8. The normalized spacial score (nSPS) is 12.2. The molecule has 1 atom stereocenters. The van der Waals surface area contributed by atoms with Gasteiger partial charge in [0.1, 0.15) is 0 Å². The number of rotatable bonds is 7. The van der Waals surface area contributed by atoms with Crippen molar-refractivity contribution in [1.82, 2.24) is 0 Å². The first kappa shape index (κ1) is 12.6. The molecule has 0 aromatic heterocycles. The van der Waals surface area contributed by atoms with Crippen LogP contribution in [0.2, 0.25) is 0 Å². The van der Waals surface area contributed by atoms with E-state index in [0.29, 0.717) is 19.4 Å². The fraction of sp³-hybridized carbons (Fsp3) is 0.800. The Morgan fingerprint density at radius 2 is 2.07 bits per heavy atom. The quantitative estimate of drug-likeness (QED) is 0.459. The fourth-order valence-corrected chi connectivity index (χ4v) is 0.908. The lowest BCUT2D eigenvalue weighted by atomic mass is 10.1. The molecule has 0 aliphatic heterocycles.